The number of nitrogens with zero attached hydrogens (tertiary/aromatic N) is 4. The quantitative estimate of drug-likeness (QED) is 0.720. The first-order valence-electron chi connectivity index (χ1n) is 7.45. The van der Waals surface area contributed by atoms with Crippen LogP contribution in [0.3, 0.4) is 0 Å². The van der Waals surface area contributed by atoms with Crippen molar-refractivity contribution in [1.82, 2.24) is 20.0 Å². The van der Waals surface area contributed by atoms with Gasteiger partial charge in [0.25, 0.3) is 0 Å². The van der Waals surface area contributed by atoms with Crippen molar-refractivity contribution in [3.8, 4) is 11.4 Å². The first-order valence-corrected chi connectivity index (χ1v) is 7.45. The molecule has 3 aromatic rings. The Balaban J connectivity index is 1.69. The minimum absolute atomic E-state index is 0.0798. The van der Waals surface area contributed by atoms with Gasteiger partial charge >= 0.3 is 0 Å². The van der Waals surface area contributed by atoms with Gasteiger partial charge in [0.15, 0.2) is 0 Å². The third-order valence-corrected chi connectivity index (χ3v) is 3.41. The van der Waals surface area contributed by atoms with E-state index < -0.39 is 0 Å². The van der Waals surface area contributed by atoms with E-state index in [1.807, 2.05) is 30.3 Å². The minimum Gasteiger partial charge on any atom is -0.395 e. The van der Waals surface area contributed by atoms with Gasteiger partial charge in [0.05, 0.1) is 13.2 Å². The number of benzene rings is 1. The van der Waals surface area contributed by atoms with E-state index in [9.17, 15) is 5.11 Å². The summed E-state index contributed by atoms with van der Waals surface area (Å²) in [6, 6.07) is 13.8. The SMILES string of the molecule is OCCN(Cc1ccccc1)Cc1nc(-c2cccnc2)no1. The molecule has 3 rings (SSSR count). The Morgan fingerprint density at radius 3 is 2.65 bits per heavy atom. The normalized spacial score (nSPS) is 11.0. The highest BCUT2D eigenvalue weighted by Gasteiger charge is 2.13. The fourth-order valence-corrected chi connectivity index (χ4v) is 2.32. The second kappa shape index (κ2) is 7.62. The van der Waals surface area contributed by atoms with E-state index in [-0.39, 0.29) is 6.61 Å². The first-order chi connectivity index (χ1) is 11.3. The van der Waals surface area contributed by atoms with Gasteiger partial charge in [-0.1, -0.05) is 35.5 Å². The van der Waals surface area contributed by atoms with Gasteiger partial charge < -0.3 is 9.63 Å². The Hall–Kier alpha value is -2.57. The molecular formula is C17H18N4O2. The summed E-state index contributed by atoms with van der Waals surface area (Å²) in [4.78, 5) is 10.5. The molecule has 6 heteroatoms. The average molecular weight is 310 g/mol. The van der Waals surface area contributed by atoms with E-state index in [4.69, 9.17) is 4.52 Å². The molecule has 0 atom stereocenters. The molecule has 0 aliphatic carbocycles. The lowest BCUT2D eigenvalue weighted by molar-refractivity contribution is 0.167. The second-order valence-electron chi connectivity index (χ2n) is 5.17. The molecule has 0 aliphatic rings. The topological polar surface area (TPSA) is 75.3 Å². The Kier molecular flexibility index (Phi) is 5.08. The molecular weight excluding hydrogens is 292 g/mol. The van der Waals surface area contributed by atoms with Crippen molar-refractivity contribution in [2.45, 2.75) is 13.1 Å². The number of aromatic nitrogens is 3. The Bertz CT molecular complexity index is 716. The molecule has 2 heterocycles. The molecule has 0 radical (unpaired) electrons. The van der Waals surface area contributed by atoms with E-state index in [1.54, 1.807) is 12.4 Å². The van der Waals surface area contributed by atoms with Crippen LogP contribution in [0.15, 0.2) is 59.4 Å². The van der Waals surface area contributed by atoms with Crippen LogP contribution in [0, 0.1) is 0 Å². The number of hydrogen-bond acceptors (Lipinski definition) is 6. The summed E-state index contributed by atoms with van der Waals surface area (Å²) in [6.45, 7) is 1.82. The zero-order chi connectivity index (χ0) is 15.9. The number of aliphatic hydroxyl groups excluding tert-OH is 1. The van der Waals surface area contributed by atoms with Gasteiger partial charge in [0.1, 0.15) is 0 Å². The van der Waals surface area contributed by atoms with Gasteiger partial charge in [-0.05, 0) is 17.7 Å². The summed E-state index contributed by atoms with van der Waals surface area (Å²) in [5, 5.41) is 13.3. The van der Waals surface area contributed by atoms with Crippen LogP contribution < -0.4 is 0 Å². The van der Waals surface area contributed by atoms with Crippen molar-refractivity contribution in [3.05, 3.63) is 66.3 Å². The number of hydrogen-bond donors (Lipinski definition) is 1. The van der Waals surface area contributed by atoms with Crippen LogP contribution in [0.2, 0.25) is 0 Å². The molecule has 0 unspecified atom stereocenters. The maximum absolute atomic E-state index is 9.26. The van der Waals surface area contributed by atoms with Crippen LogP contribution in [0.5, 0.6) is 0 Å². The van der Waals surface area contributed by atoms with E-state index in [0.29, 0.717) is 31.3 Å². The molecule has 0 aliphatic heterocycles. The fourth-order valence-electron chi connectivity index (χ4n) is 2.32. The van der Waals surface area contributed by atoms with Gasteiger partial charge in [-0.2, -0.15) is 4.98 Å². The summed E-state index contributed by atoms with van der Waals surface area (Å²) in [5.74, 6) is 1.05. The van der Waals surface area contributed by atoms with Crippen LogP contribution >= 0.6 is 0 Å². The molecule has 0 saturated carbocycles. The molecule has 118 valence electrons. The van der Waals surface area contributed by atoms with E-state index in [2.05, 4.69) is 32.2 Å². The molecule has 2 aromatic heterocycles. The lowest BCUT2D eigenvalue weighted by Gasteiger charge is -2.19. The van der Waals surface area contributed by atoms with Gasteiger partial charge in [-0.25, -0.2) is 0 Å². The van der Waals surface area contributed by atoms with Crippen molar-refractivity contribution in [3.63, 3.8) is 0 Å². The van der Waals surface area contributed by atoms with Gasteiger partial charge in [-0.3, -0.25) is 9.88 Å². The van der Waals surface area contributed by atoms with Crippen molar-refractivity contribution in [1.29, 1.82) is 0 Å². The smallest absolute Gasteiger partial charge is 0.241 e. The molecule has 0 saturated heterocycles. The van der Waals surface area contributed by atoms with E-state index in [1.165, 1.54) is 5.56 Å². The molecule has 0 amide bonds. The molecule has 0 fully saturated rings. The number of aliphatic hydroxyl groups is 1. The maximum Gasteiger partial charge on any atom is 0.241 e. The maximum atomic E-state index is 9.26. The highest BCUT2D eigenvalue weighted by Crippen LogP contribution is 2.15. The Morgan fingerprint density at radius 2 is 1.91 bits per heavy atom. The summed E-state index contributed by atoms with van der Waals surface area (Å²) < 4.78 is 5.32. The highest BCUT2D eigenvalue weighted by molar-refractivity contribution is 5.51. The standard InChI is InChI=1S/C17H18N4O2/c22-10-9-21(12-14-5-2-1-3-6-14)13-16-19-17(20-23-16)15-7-4-8-18-11-15/h1-8,11,22H,9-10,12-13H2. The zero-order valence-electron chi connectivity index (χ0n) is 12.7. The number of rotatable bonds is 7. The summed E-state index contributed by atoms with van der Waals surface area (Å²) in [5.41, 5.74) is 1.99. The second-order valence-corrected chi connectivity index (χ2v) is 5.17. The van der Waals surface area contributed by atoms with Gasteiger partial charge in [0, 0.05) is 31.0 Å². The van der Waals surface area contributed by atoms with Crippen molar-refractivity contribution in [2.75, 3.05) is 13.2 Å². The number of pyridine rings is 1. The van der Waals surface area contributed by atoms with Gasteiger partial charge in [-0.15, -0.1) is 0 Å². The van der Waals surface area contributed by atoms with Crippen LogP contribution in [0.25, 0.3) is 11.4 Å². The molecule has 0 bridgehead atoms. The predicted molar refractivity (Wildman–Crippen MR) is 85.2 cm³/mol. The fraction of sp³-hybridized carbons (Fsp3) is 0.235. The average Bonchev–Trinajstić information content (AvgIpc) is 3.05. The van der Waals surface area contributed by atoms with Crippen molar-refractivity contribution < 1.29 is 9.63 Å². The van der Waals surface area contributed by atoms with Crippen molar-refractivity contribution >= 4 is 0 Å². The highest BCUT2D eigenvalue weighted by atomic mass is 16.5. The summed E-state index contributed by atoms with van der Waals surface area (Å²) in [7, 11) is 0. The third-order valence-electron chi connectivity index (χ3n) is 3.41. The molecule has 6 nitrogen and oxygen atoms in total. The van der Waals surface area contributed by atoms with Crippen molar-refractivity contribution in [2.24, 2.45) is 0 Å². The molecule has 0 spiro atoms. The third kappa shape index (κ3) is 4.21. The summed E-state index contributed by atoms with van der Waals surface area (Å²) in [6.07, 6.45) is 3.40. The Morgan fingerprint density at radius 1 is 1.04 bits per heavy atom. The van der Waals surface area contributed by atoms with Crippen LogP contribution in [0.1, 0.15) is 11.5 Å². The Labute approximate surface area is 134 Å². The molecule has 23 heavy (non-hydrogen) atoms. The zero-order valence-corrected chi connectivity index (χ0v) is 12.7. The monoisotopic (exact) mass is 310 g/mol. The first kappa shape index (κ1) is 15.3. The van der Waals surface area contributed by atoms with E-state index >= 15 is 0 Å². The van der Waals surface area contributed by atoms with E-state index in [0.717, 1.165) is 5.56 Å². The van der Waals surface area contributed by atoms with Gasteiger partial charge in [0.2, 0.25) is 11.7 Å². The largest absolute Gasteiger partial charge is 0.395 e. The van der Waals surface area contributed by atoms with Crippen LogP contribution in [-0.4, -0.2) is 38.3 Å². The lowest BCUT2D eigenvalue weighted by Crippen LogP contribution is -2.26. The minimum atomic E-state index is 0.0798. The lowest BCUT2D eigenvalue weighted by atomic mass is 10.2. The van der Waals surface area contributed by atoms with Crippen LogP contribution in [-0.2, 0) is 13.1 Å². The predicted octanol–water partition coefficient (Wildman–Crippen LogP) is 2.13. The molecule has 1 aromatic carbocycles. The van der Waals surface area contributed by atoms with Crippen LogP contribution in [0.4, 0.5) is 0 Å². The summed E-state index contributed by atoms with van der Waals surface area (Å²) >= 11 is 0. The molecule has 1 N–H and O–H groups in total.